The second-order valence-electron chi connectivity index (χ2n) is 4.93. The molecule has 2 aromatic carbocycles. The van der Waals surface area contributed by atoms with Gasteiger partial charge in [0.25, 0.3) is 11.5 Å². The van der Waals surface area contributed by atoms with E-state index >= 15 is 0 Å². The molecule has 0 fully saturated rings. The summed E-state index contributed by atoms with van der Waals surface area (Å²) >= 11 is 0. The van der Waals surface area contributed by atoms with Crippen LogP contribution in [0.25, 0.3) is 0 Å². The van der Waals surface area contributed by atoms with E-state index in [1.165, 1.54) is 31.4 Å². The van der Waals surface area contributed by atoms with Crippen LogP contribution < -0.4 is 9.47 Å². The quantitative estimate of drug-likeness (QED) is 0.636. The van der Waals surface area contributed by atoms with Gasteiger partial charge >= 0.3 is 6.36 Å². The van der Waals surface area contributed by atoms with E-state index in [0.717, 1.165) is 12.1 Å². The summed E-state index contributed by atoms with van der Waals surface area (Å²) in [4.78, 5) is 12.4. The lowest BCUT2D eigenvalue weighted by Gasteiger charge is -2.08. The molecule has 0 bridgehead atoms. The number of carbonyl (C=O) groups is 1. The first-order chi connectivity index (χ1) is 11.3. The molecule has 0 aliphatic carbocycles. The van der Waals surface area contributed by atoms with Crippen molar-refractivity contribution in [3.8, 4) is 11.5 Å². The molecule has 0 spiro atoms. The molecule has 8 heteroatoms. The lowest BCUT2D eigenvalue weighted by molar-refractivity contribution is -0.355. The maximum absolute atomic E-state index is 12.4. The summed E-state index contributed by atoms with van der Waals surface area (Å²) in [6.07, 6.45) is -4.81. The third-order valence-electron chi connectivity index (χ3n) is 3.45. The molecule has 24 heavy (non-hydrogen) atoms. The lowest BCUT2D eigenvalue weighted by Crippen LogP contribution is -2.18. The third-order valence-corrected chi connectivity index (χ3v) is 3.45. The molecule has 0 unspecified atom stereocenters. The van der Waals surface area contributed by atoms with Crippen LogP contribution in [0.1, 0.15) is 15.9 Å². The number of hydrogen-bond acceptors (Lipinski definition) is 4. The van der Waals surface area contributed by atoms with Gasteiger partial charge in [0.1, 0.15) is 17.1 Å². The van der Waals surface area contributed by atoms with Gasteiger partial charge in [0.05, 0.1) is 12.7 Å². The van der Waals surface area contributed by atoms with E-state index in [2.05, 4.69) is 4.74 Å². The number of Topliss-reactive ketones (excluding diaryl/α,β-unsaturated/α-hetero) is 1. The summed E-state index contributed by atoms with van der Waals surface area (Å²) in [5.41, 5.74) is 0.359. The molecule has 0 radical (unpaired) electrons. The van der Waals surface area contributed by atoms with Crippen molar-refractivity contribution in [3.05, 3.63) is 58.8 Å². The molecule has 5 nitrogen and oxygen atoms in total. The number of carbonyl (C=O) groups excluding carboxylic acids is 1. The van der Waals surface area contributed by atoms with Crippen LogP contribution >= 0.6 is 0 Å². The highest BCUT2D eigenvalue weighted by Crippen LogP contribution is 2.32. The monoisotopic (exact) mass is 337 g/mol. The number of alkyl halides is 3. The first-order valence-corrected chi connectivity index (χ1v) is 6.73. The van der Waals surface area contributed by atoms with Gasteiger partial charge < -0.3 is 14.7 Å². The van der Waals surface area contributed by atoms with E-state index < -0.39 is 17.9 Å². The topological polar surface area (TPSA) is 61.6 Å². The standard InChI is InChI=1S/C16H10F3NO4/c1-23-11-6-7-13-12(8-11)15(21)14(20(13)22)9-2-4-10(5-3-9)24-16(17,18)19/h2-8H,1H3. The Morgan fingerprint density at radius 2 is 1.67 bits per heavy atom. The highest BCUT2D eigenvalue weighted by molar-refractivity contribution is 6.52. The molecule has 1 aliphatic rings. The molecule has 0 aromatic heterocycles. The van der Waals surface area contributed by atoms with Gasteiger partial charge in [0.15, 0.2) is 0 Å². The minimum absolute atomic E-state index is 0.159. The van der Waals surface area contributed by atoms with E-state index in [0.29, 0.717) is 10.5 Å². The molecule has 0 saturated carbocycles. The number of methoxy groups -OCH3 is 1. The van der Waals surface area contributed by atoms with Crippen molar-refractivity contribution in [1.82, 2.24) is 0 Å². The smallest absolute Gasteiger partial charge is 0.573 e. The predicted octanol–water partition coefficient (Wildman–Crippen LogP) is 3.42. The molecule has 1 heterocycles. The molecule has 1 aliphatic heterocycles. The van der Waals surface area contributed by atoms with Gasteiger partial charge in [-0.25, -0.2) is 0 Å². The van der Waals surface area contributed by atoms with E-state index in [9.17, 15) is 23.2 Å². The van der Waals surface area contributed by atoms with E-state index in [-0.39, 0.29) is 22.5 Å². The van der Waals surface area contributed by atoms with Crippen LogP contribution in [0, 0.1) is 5.21 Å². The molecule has 0 amide bonds. The van der Waals surface area contributed by atoms with Crippen LogP contribution in [0.15, 0.2) is 42.5 Å². The number of ketones is 1. The Balaban J connectivity index is 1.95. The number of ether oxygens (including phenoxy) is 2. The van der Waals surface area contributed by atoms with Crippen LogP contribution in [0.3, 0.4) is 0 Å². The Hall–Kier alpha value is -3.03. The summed E-state index contributed by atoms with van der Waals surface area (Å²) in [5.74, 6) is -0.539. The molecule has 3 rings (SSSR count). The van der Waals surface area contributed by atoms with Crippen LogP contribution in [0.2, 0.25) is 0 Å². The van der Waals surface area contributed by atoms with Gasteiger partial charge in [-0.1, -0.05) is 0 Å². The van der Waals surface area contributed by atoms with Crippen LogP contribution in [-0.2, 0) is 0 Å². The number of nitrogens with zero attached hydrogens (tertiary/aromatic N) is 1. The number of halogens is 3. The molecule has 2 aromatic rings. The largest absolute Gasteiger partial charge is 0.618 e. The fraction of sp³-hybridized carbons (Fsp3) is 0.125. The van der Waals surface area contributed by atoms with Crippen molar-refractivity contribution < 1.29 is 32.2 Å². The fourth-order valence-electron chi connectivity index (χ4n) is 2.40. The van der Waals surface area contributed by atoms with Crippen molar-refractivity contribution in [2.24, 2.45) is 0 Å². The highest BCUT2D eigenvalue weighted by Gasteiger charge is 2.37. The Labute approximate surface area is 134 Å². The Kier molecular flexibility index (Phi) is 3.67. The number of fused-ring (bicyclic) bond motifs is 1. The van der Waals surface area contributed by atoms with Crippen molar-refractivity contribution in [1.29, 1.82) is 0 Å². The second-order valence-corrected chi connectivity index (χ2v) is 4.93. The van der Waals surface area contributed by atoms with E-state index in [4.69, 9.17) is 4.74 Å². The van der Waals surface area contributed by atoms with Gasteiger partial charge in [-0.15, -0.1) is 13.2 Å². The Bertz CT molecular complexity index is 841. The summed E-state index contributed by atoms with van der Waals surface area (Å²) in [6, 6.07) is 8.97. The molecule has 0 atom stereocenters. The fourth-order valence-corrected chi connectivity index (χ4v) is 2.40. The normalized spacial score (nSPS) is 13.9. The average Bonchev–Trinajstić information content (AvgIpc) is 2.78. The molecule has 0 saturated heterocycles. The van der Waals surface area contributed by atoms with Crippen molar-refractivity contribution >= 4 is 17.2 Å². The summed E-state index contributed by atoms with van der Waals surface area (Å²) in [7, 11) is 1.43. The summed E-state index contributed by atoms with van der Waals surface area (Å²) in [6.45, 7) is 0. The first kappa shape index (κ1) is 15.9. The van der Waals surface area contributed by atoms with Gasteiger partial charge in [-0.05, 0) is 36.4 Å². The molecule has 0 N–H and O–H groups in total. The SMILES string of the molecule is COc1ccc2c(c1)C(=O)C(c1ccc(OC(F)(F)F)cc1)=[N+]2[O-]. The van der Waals surface area contributed by atoms with Crippen molar-refractivity contribution in [2.75, 3.05) is 7.11 Å². The van der Waals surface area contributed by atoms with Crippen LogP contribution in [0.5, 0.6) is 11.5 Å². The van der Waals surface area contributed by atoms with Gasteiger partial charge in [-0.3, -0.25) is 4.79 Å². The number of benzene rings is 2. The maximum Gasteiger partial charge on any atom is 0.573 e. The van der Waals surface area contributed by atoms with Gasteiger partial charge in [0, 0.05) is 6.07 Å². The molecular weight excluding hydrogens is 327 g/mol. The van der Waals surface area contributed by atoms with Crippen molar-refractivity contribution in [2.45, 2.75) is 6.36 Å². The van der Waals surface area contributed by atoms with Crippen molar-refractivity contribution in [3.63, 3.8) is 0 Å². The summed E-state index contributed by atoms with van der Waals surface area (Å²) in [5, 5.41) is 12.3. The minimum atomic E-state index is -4.81. The zero-order chi connectivity index (χ0) is 17.5. The lowest BCUT2D eigenvalue weighted by atomic mass is 10.0. The van der Waals surface area contributed by atoms with Crippen LogP contribution in [-0.4, -0.2) is 29.7 Å². The Morgan fingerprint density at radius 1 is 1.04 bits per heavy atom. The molecular formula is C16H10F3NO4. The molecule has 124 valence electrons. The van der Waals surface area contributed by atoms with Crippen LogP contribution in [0.4, 0.5) is 18.9 Å². The second kappa shape index (κ2) is 5.55. The zero-order valence-electron chi connectivity index (χ0n) is 12.3. The minimum Gasteiger partial charge on any atom is -0.618 e. The summed E-state index contributed by atoms with van der Waals surface area (Å²) < 4.78 is 45.7. The zero-order valence-corrected chi connectivity index (χ0v) is 12.3. The first-order valence-electron chi connectivity index (χ1n) is 6.73. The third kappa shape index (κ3) is 2.78. The van der Waals surface area contributed by atoms with E-state index in [1.807, 2.05) is 0 Å². The number of rotatable bonds is 3. The van der Waals surface area contributed by atoms with E-state index in [1.54, 1.807) is 6.07 Å². The number of hydrogen-bond donors (Lipinski definition) is 0. The van der Waals surface area contributed by atoms with Gasteiger partial charge in [0.2, 0.25) is 5.69 Å². The average molecular weight is 337 g/mol. The highest BCUT2D eigenvalue weighted by atomic mass is 19.4. The van der Waals surface area contributed by atoms with Gasteiger partial charge in [-0.2, -0.15) is 4.74 Å². The maximum atomic E-state index is 12.4. The predicted molar refractivity (Wildman–Crippen MR) is 77.8 cm³/mol. The Morgan fingerprint density at radius 3 is 2.25 bits per heavy atom.